The molecule has 2 aliphatic rings. The number of halogens is 3. The van der Waals surface area contributed by atoms with Gasteiger partial charge in [-0.3, -0.25) is 20.4 Å². The van der Waals surface area contributed by atoms with Crippen LogP contribution in [0.1, 0.15) is 39.9 Å². The number of nitrogens with one attached hydrogen (secondary N) is 2. The van der Waals surface area contributed by atoms with E-state index in [9.17, 15) is 22.8 Å². The van der Waals surface area contributed by atoms with Gasteiger partial charge in [0.05, 0.1) is 11.7 Å². The van der Waals surface area contributed by atoms with Crippen molar-refractivity contribution in [3.63, 3.8) is 0 Å². The molecule has 4 rings (SSSR count). The Morgan fingerprint density at radius 1 is 1.03 bits per heavy atom. The van der Waals surface area contributed by atoms with E-state index in [1.54, 1.807) is 18.2 Å². The Morgan fingerprint density at radius 2 is 1.69 bits per heavy atom. The predicted octanol–water partition coefficient (Wildman–Crippen LogP) is 3.92. The number of benzene rings is 2. The molecule has 1 unspecified atom stereocenters. The van der Waals surface area contributed by atoms with E-state index in [0.717, 1.165) is 21.7 Å². The number of hydrogen-bond acceptors (Lipinski definition) is 4. The maximum absolute atomic E-state index is 13.2. The van der Waals surface area contributed by atoms with Crippen LogP contribution in [0.25, 0.3) is 0 Å². The lowest BCUT2D eigenvalue weighted by Crippen LogP contribution is -2.52. The molecule has 170 valence electrons. The number of nitrogens with zero attached hydrogens (tertiary/aromatic N) is 1. The second-order valence-electron chi connectivity index (χ2n) is 8.24. The third kappa shape index (κ3) is 4.37. The molecule has 2 aromatic rings. The molecule has 9 heteroatoms. The molecule has 1 aliphatic carbocycles. The van der Waals surface area contributed by atoms with Crippen LogP contribution in [0.5, 0.6) is 5.75 Å². The summed E-state index contributed by atoms with van der Waals surface area (Å²) < 4.78 is 45.2. The van der Waals surface area contributed by atoms with Gasteiger partial charge in [0, 0.05) is 23.6 Å². The fourth-order valence-electron chi connectivity index (χ4n) is 4.11. The van der Waals surface area contributed by atoms with Gasteiger partial charge in [0.25, 0.3) is 5.91 Å². The average Bonchev–Trinajstić information content (AvgIpc) is 3.57. The van der Waals surface area contributed by atoms with Gasteiger partial charge < -0.3 is 9.64 Å². The molecule has 1 atom stereocenters. The smallest absolute Gasteiger partial charge is 0.471 e. The summed E-state index contributed by atoms with van der Waals surface area (Å²) in [5.41, 5.74) is 9.06. The van der Waals surface area contributed by atoms with E-state index in [0.29, 0.717) is 29.7 Å². The predicted molar refractivity (Wildman–Crippen MR) is 112 cm³/mol. The standard InChI is InChI=1S/C23H24F3N3O3/c1-13-5-3-6-14(2)20(13)27-28-21(30)17-7-4-8-19-18(17)11-16(12-32-19)29(15-9-10-15)22(31)23(24,25)26/h3-8,15-16,27H,9-12H2,1-2H3,(H,28,30). The molecule has 2 N–H and O–H groups in total. The third-order valence-electron chi connectivity index (χ3n) is 5.84. The number of alkyl halides is 3. The number of fused-ring (bicyclic) bond motifs is 1. The van der Waals surface area contributed by atoms with E-state index >= 15 is 0 Å². The van der Waals surface area contributed by atoms with Crippen molar-refractivity contribution in [2.75, 3.05) is 12.0 Å². The Labute approximate surface area is 183 Å². The Hall–Kier alpha value is -3.23. The van der Waals surface area contributed by atoms with Gasteiger partial charge >= 0.3 is 12.1 Å². The molecule has 2 aromatic carbocycles. The maximum atomic E-state index is 13.2. The van der Waals surface area contributed by atoms with Crippen LogP contribution >= 0.6 is 0 Å². The first-order valence-electron chi connectivity index (χ1n) is 10.4. The zero-order valence-electron chi connectivity index (χ0n) is 17.8. The van der Waals surface area contributed by atoms with E-state index in [1.165, 1.54) is 0 Å². The van der Waals surface area contributed by atoms with Gasteiger partial charge in [0.15, 0.2) is 0 Å². The van der Waals surface area contributed by atoms with Gasteiger partial charge in [-0.05, 0) is 49.9 Å². The van der Waals surface area contributed by atoms with Crippen molar-refractivity contribution in [2.45, 2.75) is 51.4 Å². The van der Waals surface area contributed by atoms with Crippen LogP contribution in [0.3, 0.4) is 0 Å². The van der Waals surface area contributed by atoms with E-state index in [2.05, 4.69) is 10.9 Å². The highest BCUT2D eigenvalue weighted by atomic mass is 19.4. The lowest BCUT2D eigenvalue weighted by atomic mass is 9.95. The number of ether oxygens (including phenoxy) is 1. The Bertz CT molecular complexity index is 1030. The number of hydrazine groups is 1. The quantitative estimate of drug-likeness (QED) is 0.682. The minimum Gasteiger partial charge on any atom is -0.491 e. The molecule has 0 radical (unpaired) electrons. The van der Waals surface area contributed by atoms with Gasteiger partial charge in [0.2, 0.25) is 0 Å². The summed E-state index contributed by atoms with van der Waals surface area (Å²) >= 11 is 0. The molecule has 0 saturated heterocycles. The van der Waals surface area contributed by atoms with Crippen molar-refractivity contribution in [1.82, 2.24) is 10.3 Å². The van der Waals surface area contributed by atoms with Gasteiger partial charge in [-0.2, -0.15) is 13.2 Å². The van der Waals surface area contributed by atoms with E-state index in [1.807, 2.05) is 32.0 Å². The summed E-state index contributed by atoms with van der Waals surface area (Å²) in [6, 6.07) is 9.44. The van der Waals surface area contributed by atoms with Crippen LogP contribution in [0.2, 0.25) is 0 Å². The van der Waals surface area contributed by atoms with E-state index in [-0.39, 0.29) is 13.0 Å². The Morgan fingerprint density at radius 3 is 2.31 bits per heavy atom. The Kier molecular flexibility index (Phi) is 5.75. The zero-order chi connectivity index (χ0) is 23.0. The third-order valence-corrected chi connectivity index (χ3v) is 5.84. The number of anilines is 1. The number of rotatable bonds is 5. The number of carbonyl (C=O) groups is 2. The molecule has 1 saturated carbocycles. The molecule has 1 fully saturated rings. The number of para-hydroxylation sites is 1. The van der Waals surface area contributed by atoms with Crippen molar-refractivity contribution < 1.29 is 27.5 Å². The van der Waals surface area contributed by atoms with Gasteiger partial charge in [-0.1, -0.05) is 24.3 Å². The van der Waals surface area contributed by atoms with Gasteiger partial charge in [-0.25, -0.2) is 0 Å². The van der Waals surface area contributed by atoms with Crippen LogP contribution in [0.15, 0.2) is 36.4 Å². The summed E-state index contributed by atoms with van der Waals surface area (Å²) in [7, 11) is 0. The normalized spacial score (nSPS) is 17.7. The van der Waals surface area contributed by atoms with Crippen molar-refractivity contribution >= 4 is 17.5 Å². The highest BCUT2D eigenvalue weighted by Crippen LogP contribution is 2.37. The van der Waals surface area contributed by atoms with E-state index in [4.69, 9.17) is 4.74 Å². The minimum absolute atomic E-state index is 0.0446. The van der Waals surface area contributed by atoms with Gasteiger partial charge in [0.1, 0.15) is 12.4 Å². The lowest BCUT2D eigenvalue weighted by Gasteiger charge is -2.36. The molecule has 1 aliphatic heterocycles. The molecular weight excluding hydrogens is 423 g/mol. The second kappa shape index (κ2) is 8.37. The summed E-state index contributed by atoms with van der Waals surface area (Å²) in [5.74, 6) is -1.85. The zero-order valence-corrected chi connectivity index (χ0v) is 17.8. The molecular formula is C23H24F3N3O3. The highest BCUT2D eigenvalue weighted by molar-refractivity contribution is 5.97. The van der Waals surface area contributed by atoms with Crippen molar-refractivity contribution in [3.05, 3.63) is 58.7 Å². The molecule has 32 heavy (non-hydrogen) atoms. The van der Waals surface area contributed by atoms with Crippen LogP contribution in [-0.4, -0.2) is 41.6 Å². The minimum atomic E-state index is -4.95. The first kappa shape index (κ1) is 22.0. The number of carbonyl (C=O) groups excluding carboxylic acids is 2. The fourth-order valence-corrected chi connectivity index (χ4v) is 4.11. The van der Waals surface area contributed by atoms with Crippen LogP contribution in [0.4, 0.5) is 18.9 Å². The van der Waals surface area contributed by atoms with E-state index < -0.39 is 30.1 Å². The molecule has 0 aromatic heterocycles. The van der Waals surface area contributed by atoms with Crippen molar-refractivity contribution in [1.29, 1.82) is 0 Å². The SMILES string of the molecule is Cc1cccc(C)c1NNC(=O)c1cccc2c1CC(N(C(=O)C(F)(F)F)C1CC1)CO2. The summed E-state index contributed by atoms with van der Waals surface area (Å²) in [5, 5.41) is 0. The monoisotopic (exact) mass is 447 g/mol. The number of amides is 2. The lowest BCUT2D eigenvalue weighted by molar-refractivity contribution is -0.189. The number of hydrogen-bond donors (Lipinski definition) is 2. The fraction of sp³-hybridized carbons (Fsp3) is 0.391. The topological polar surface area (TPSA) is 70.7 Å². The molecule has 1 heterocycles. The second-order valence-corrected chi connectivity index (χ2v) is 8.24. The largest absolute Gasteiger partial charge is 0.491 e. The summed E-state index contributed by atoms with van der Waals surface area (Å²) in [6.07, 6.45) is -3.77. The first-order chi connectivity index (χ1) is 15.2. The van der Waals surface area contributed by atoms with Crippen LogP contribution in [-0.2, 0) is 11.2 Å². The maximum Gasteiger partial charge on any atom is 0.471 e. The van der Waals surface area contributed by atoms with Gasteiger partial charge in [-0.15, -0.1) is 0 Å². The molecule has 0 spiro atoms. The molecule has 6 nitrogen and oxygen atoms in total. The Balaban J connectivity index is 1.55. The van der Waals surface area contributed by atoms with Crippen LogP contribution < -0.4 is 15.6 Å². The molecule has 0 bridgehead atoms. The van der Waals surface area contributed by atoms with Crippen molar-refractivity contribution in [2.24, 2.45) is 0 Å². The average molecular weight is 447 g/mol. The molecule has 2 amide bonds. The number of aryl methyl sites for hydroxylation is 2. The van der Waals surface area contributed by atoms with Crippen LogP contribution in [0, 0.1) is 13.8 Å². The van der Waals surface area contributed by atoms with Crippen molar-refractivity contribution in [3.8, 4) is 5.75 Å². The highest BCUT2D eigenvalue weighted by Gasteiger charge is 2.50. The first-order valence-corrected chi connectivity index (χ1v) is 10.4. The summed E-state index contributed by atoms with van der Waals surface area (Å²) in [6.45, 7) is 3.78. The summed E-state index contributed by atoms with van der Waals surface area (Å²) in [4.78, 5) is 25.9.